The predicted molar refractivity (Wildman–Crippen MR) is 104 cm³/mol. The van der Waals surface area contributed by atoms with Crippen molar-refractivity contribution in [3.05, 3.63) is 76.2 Å². The van der Waals surface area contributed by atoms with Crippen LogP contribution in [0.2, 0.25) is 0 Å². The molecular weight excluding hydrogens is 344 g/mol. The summed E-state index contributed by atoms with van der Waals surface area (Å²) < 4.78 is 0. The first-order valence-corrected chi connectivity index (χ1v) is 8.85. The number of amides is 1. The topological polar surface area (TPSA) is 106 Å². The molecule has 1 amide bonds. The number of para-hydroxylation sites is 1. The summed E-state index contributed by atoms with van der Waals surface area (Å²) >= 11 is 0. The van der Waals surface area contributed by atoms with Crippen LogP contribution in [0.15, 0.2) is 59.7 Å². The van der Waals surface area contributed by atoms with Gasteiger partial charge in [-0.3, -0.25) is 4.79 Å². The average Bonchev–Trinajstić information content (AvgIpc) is 2.70. The van der Waals surface area contributed by atoms with Crippen LogP contribution in [0.4, 0.5) is 5.69 Å². The standard InChI is InChI=1S/C20H22N4O3/c21-23-22-14-8-1-2-9-15-24(19(25)16-10-4-3-5-11-16)18-13-7-6-12-17(18)20(26)27/h3-7,10-13H,1-2,8-9,14-15H2,(H,26,27). The van der Waals surface area contributed by atoms with Crippen LogP contribution in [-0.4, -0.2) is 30.1 Å². The highest BCUT2D eigenvalue weighted by Gasteiger charge is 2.22. The number of hydrogen-bond donors (Lipinski definition) is 1. The van der Waals surface area contributed by atoms with E-state index in [-0.39, 0.29) is 11.5 Å². The summed E-state index contributed by atoms with van der Waals surface area (Å²) in [5, 5.41) is 13.0. The number of azide groups is 1. The highest BCUT2D eigenvalue weighted by atomic mass is 16.4. The molecule has 0 heterocycles. The van der Waals surface area contributed by atoms with Gasteiger partial charge >= 0.3 is 5.97 Å². The molecule has 0 aliphatic rings. The SMILES string of the molecule is [N-]=[N+]=NCCCCCCN(C(=O)c1ccccc1)c1ccccc1C(=O)O. The second kappa shape index (κ2) is 10.6. The normalized spacial score (nSPS) is 10.1. The average molecular weight is 366 g/mol. The fraction of sp³-hybridized carbons (Fsp3) is 0.300. The number of carbonyl (C=O) groups is 2. The molecule has 0 spiro atoms. The fourth-order valence-electron chi connectivity index (χ4n) is 2.81. The van der Waals surface area contributed by atoms with Crippen LogP contribution in [0.3, 0.4) is 0 Å². The minimum atomic E-state index is -1.06. The molecule has 0 radical (unpaired) electrons. The van der Waals surface area contributed by atoms with Crippen molar-refractivity contribution in [2.45, 2.75) is 25.7 Å². The molecule has 0 unspecified atom stereocenters. The van der Waals surface area contributed by atoms with Gasteiger partial charge in [0.15, 0.2) is 0 Å². The minimum absolute atomic E-state index is 0.102. The molecule has 140 valence electrons. The molecule has 27 heavy (non-hydrogen) atoms. The number of benzene rings is 2. The van der Waals surface area contributed by atoms with Gasteiger partial charge in [0.25, 0.3) is 5.91 Å². The molecular formula is C20H22N4O3. The Labute approximate surface area is 157 Å². The molecule has 1 N–H and O–H groups in total. The molecule has 0 atom stereocenters. The maximum Gasteiger partial charge on any atom is 0.337 e. The van der Waals surface area contributed by atoms with Crippen molar-refractivity contribution in [1.82, 2.24) is 0 Å². The van der Waals surface area contributed by atoms with E-state index in [2.05, 4.69) is 10.0 Å². The van der Waals surface area contributed by atoms with Crippen LogP contribution in [0, 0.1) is 0 Å². The summed E-state index contributed by atoms with van der Waals surface area (Å²) in [6.45, 7) is 0.880. The van der Waals surface area contributed by atoms with Gasteiger partial charge in [0.1, 0.15) is 0 Å². The number of unbranched alkanes of at least 4 members (excludes halogenated alkanes) is 3. The lowest BCUT2D eigenvalue weighted by Crippen LogP contribution is -2.33. The number of hydrogen-bond acceptors (Lipinski definition) is 3. The lowest BCUT2D eigenvalue weighted by Gasteiger charge is -2.24. The van der Waals surface area contributed by atoms with Crippen molar-refractivity contribution in [2.75, 3.05) is 18.0 Å². The van der Waals surface area contributed by atoms with Gasteiger partial charge in [0.2, 0.25) is 0 Å². The van der Waals surface area contributed by atoms with Gasteiger partial charge in [-0.1, -0.05) is 48.3 Å². The Morgan fingerprint density at radius 3 is 2.33 bits per heavy atom. The minimum Gasteiger partial charge on any atom is -0.478 e. The first-order valence-electron chi connectivity index (χ1n) is 8.85. The van der Waals surface area contributed by atoms with Crippen LogP contribution in [0.5, 0.6) is 0 Å². The van der Waals surface area contributed by atoms with Crippen LogP contribution < -0.4 is 4.90 Å². The van der Waals surface area contributed by atoms with E-state index < -0.39 is 5.97 Å². The van der Waals surface area contributed by atoms with Crippen LogP contribution >= 0.6 is 0 Å². The Kier molecular flexibility index (Phi) is 7.88. The highest BCUT2D eigenvalue weighted by Crippen LogP contribution is 2.23. The summed E-state index contributed by atoms with van der Waals surface area (Å²) in [6.07, 6.45) is 3.26. The first kappa shape index (κ1) is 20.0. The van der Waals surface area contributed by atoms with E-state index in [0.29, 0.717) is 24.3 Å². The third-order valence-electron chi connectivity index (χ3n) is 4.14. The van der Waals surface area contributed by atoms with Crippen molar-refractivity contribution in [3.63, 3.8) is 0 Å². The molecule has 7 heteroatoms. The van der Waals surface area contributed by atoms with E-state index >= 15 is 0 Å². The van der Waals surface area contributed by atoms with Gasteiger partial charge in [0.05, 0.1) is 11.3 Å². The summed E-state index contributed by atoms with van der Waals surface area (Å²) in [4.78, 5) is 28.8. The van der Waals surface area contributed by atoms with E-state index in [1.165, 1.54) is 11.0 Å². The van der Waals surface area contributed by atoms with Gasteiger partial charge in [-0.2, -0.15) is 0 Å². The van der Waals surface area contributed by atoms with Gasteiger partial charge in [-0.15, -0.1) is 0 Å². The molecule has 0 aliphatic heterocycles. The third-order valence-corrected chi connectivity index (χ3v) is 4.14. The Bertz CT molecular complexity index is 817. The van der Waals surface area contributed by atoms with Crippen LogP contribution in [0.25, 0.3) is 10.4 Å². The molecule has 7 nitrogen and oxygen atoms in total. The molecule has 0 saturated carbocycles. The summed E-state index contributed by atoms with van der Waals surface area (Å²) in [7, 11) is 0. The quantitative estimate of drug-likeness (QED) is 0.279. The zero-order chi connectivity index (χ0) is 19.5. The van der Waals surface area contributed by atoms with Gasteiger partial charge in [0, 0.05) is 23.6 Å². The van der Waals surface area contributed by atoms with Crippen molar-refractivity contribution in [1.29, 1.82) is 0 Å². The number of carboxylic acid groups (broad SMARTS) is 1. The zero-order valence-corrected chi connectivity index (χ0v) is 15.0. The third kappa shape index (κ3) is 5.87. The van der Waals surface area contributed by atoms with E-state index in [9.17, 15) is 14.7 Å². The smallest absolute Gasteiger partial charge is 0.337 e. The molecule has 0 saturated heterocycles. The Morgan fingerprint density at radius 1 is 0.963 bits per heavy atom. The maximum absolute atomic E-state index is 13.0. The monoisotopic (exact) mass is 366 g/mol. The molecule has 0 fully saturated rings. The number of anilines is 1. The fourth-order valence-corrected chi connectivity index (χ4v) is 2.81. The van der Waals surface area contributed by atoms with Crippen LogP contribution in [0.1, 0.15) is 46.4 Å². The van der Waals surface area contributed by atoms with Gasteiger partial charge in [-0.05, 0) is 42.6 Å². The van der Waals surface area contributed by atoms with E-state index in [0.717, 1.165) is 25.7 Å². The van der Waals surface area contributed by atoms with E-state index in [1.807, 2.05) is 6.07 Å². The second-order valence-corrected chi connectivity index (χ2v) is 6.01. The van der Waals surface area contributed by atoms with E-state index in [4.69, 9.17) is 5.53 Å². The Morgan fingerprint density at radius 2 is 1.63 bits per heavy atom. The lowest BCUT2D eigenvalue weighted by molar-refractivity contribution is 0.0697. The van der Waals surface area contributed by atoms with Crippen LogP contribution in [-0.2, 0) is 0 Å². The molecule has 0 aliphatic carbocycles. The molecule has 2 aromatic rings. The predicted octanol–water partition coefficient (Wildman–Crippen LogP) is 4.90. The lowest BCUT2D eigenvalue weighted by atomic mass is 10.1. The second-order valence-electron chi connectivity index (χ2n) is 6.01. The van der Waals surface area contributed by atoms with Gasteiger partial charge in [-0.25, -0.2) is 4.79 Å². The molecule has 2 rings (SSSR count). The first-order chi connectivity index (χ1) is 13.1. The summed E-state index contributed by atoms with van der Waals surface area (Å²) in [5.41, 5.74) is 9.29. The van der Waals surface area contributed by atoms with Crippen molar-refractivity contribution in [2.24, 2.45) is 5.11 Å². The van der Waals surface area contributed by atoms with Crippen molar-refractivity contribution >= 4 is 17.6 Å². The maximum atomic E-state index is 13.0. The zero-order valence-electron chi connectivity index (χ0n) is 15.0. The number of nitrogens with zero attached hydrogens (tertiary/aromatic N) is 4. The molecule has 2 aromatic carbocycles. The highest BCUT2D eigenvalue weighted by molar-refractivity contribution is 6.09. The Balaban J connectivity index is 2.16. The van der Waals surface area contributed by atoms with E-state index in [1.54, 1.807) is 42.5 Å². The number of aromatic carboxylic acids is 1. The van der Waals surface area contributed by atoms with Gasteiger partial charge < -0.3 is 10.0 Å². The molecule has 0 bridgehead atoms. The summed E-state index contributed by atoms with van der Waals surface area (Å²) in [5.74, 6) is -1.29. The summed E-state index contributed by atoms with van der Waals surface area (Å²) in [6, 6.07) is 15.4. The Hall–Kier alpha value is -3.31. The largest absolute Gasteiger partial charge is 0.478 e. The van der Waals surface area contributed by atoms with Crippen molar-refractivity contribution < 1.29 is 14.7 Å². The number of carboxylic acids is 1. The molecule has 0 aromatic heterocycles. The number of rotatable bonds is 10. The number of carbonyl (C=O) groups excluding carboxylic acids is 1. The van der Waals surface area contributed by atoms with Crippen molar-refractivity contribution in [3.8, 4) is 0 Å².